The van der Waals surface area contributed by atoms with Crippen LogP contribution >= 0.6 is 12.4 Å². The van der Waals surface area contributed by atoms with Crippen molar-refractivity contribution in [3.8, 4) is 0 Å². The molecule has 1 aliphatic rings. The van der Waals surface area contributed by atoms with Gasteiger partial charge in [-0.3, -0.25) is 9.59 Å². The van der Waals surface area contributed by atoms with Gasteiger partial charge in [-0.15, -0.1) is 12.4 Å². The predicted molar refractivity (Wildman–Crippen MR) is 98.4 cm³/mol. The van der Waals surface area contributed by atoms with Gasteiger partial charge < -0.3 is 15.5 Å². The molecule has 0 saturated carbocycles. The molecule has 7 heteroatoms. The second kappa shape index (κ2) is 9.73. The Morgan fingerprint density at radius 1 is 1.32 bits per heavy atom. The molecule has 2 amide bonds. The zero-order chi connectivity index (χ0) is 17.7. The van der Waals surface area contributed by atoms with Gasteiger partial charge in [-0.1, -0.05) is 26.0 Å². The van der Waals surface area contributed by atoms with Crippen molar-refractivity contribution >= 4 is 24.2 Å². The smallest absolute Gasteiger partial charge is 0.254 e. The number of halogens is 2. The fourth-order valence-corrected chi connectivity index (χ4v) is 3.06. The Balaban J connectivity index is 0.00000312. The van der Waals surface area contributed by atoms with E-state index in [4.69, 9.17) is 0 Å². The van der Waals surface area contributed by atoms with Crippen LogP contribution in [0.5, 0.6) is 0 Å². The van der Waals surface area contributed by atoms with E-state index >= 15 is 0 Å². The molecule has 2 N–H and O–H groups in total. The fraction of sp³-hybridized carbons (Fsp3) is 0.556. The lowest BCUT2D eigenvalue weighted by Crippen LogP contribution is -2.51. The first-order valence-corrected chi connectivity index (χ1v) is 8.42. The number of likely N-dealkylation sites (tertiary alicyclic amines) is 1. The van der Waals surface area contributed by atoms with Gasteiger partial charge in [0.2, 0.25) is 5.91 Å². The second-order valence-corrected chi connectivity index (χ2v) is 6.67. The van der Waals surface area contributed by atoms with Crippen molar-refractivity contribution < 1.29 is 14.0 Å². The zero-order valence-corrected chi connectivity index (χ0v) is 15.7. The standard InChI is InChI=1S/C18H26FN3O2.ClH/c1-12(2)16(18(24)22-9-8-13(11-22)10-20-3)21-17(23)14-6-4-5-7-15(14)19;/h4-7,12-13,16,20H,8-11H2,1-3H3,(H,21,23);1H. The van der Waals surface area contributed by atoms with Crippen LogP contribution in [0.2, 0.25) is 0 Å². The fourth-order valence-electron chi connectivity index (χ4n) is 3.06. The first-order chi connectivity index (χ1) is 11.4. The van der Waals surface area contributed by atoms with E-state index < -0.39 is 17.8 Å². The maximum absolute atomic E-state index is 13.8. The summed E-state index contributed by atoms with van der Waals surface area (Å²) in [6.07, 6.45) is 0.957. The Kier molecular flexibility index (Phi) is 8.32. The van der Waals surface area contributed by atoms with Crippen LogP contribution in [0.3, 0.4) is 0 Å². The molecule has 1 aliphatic heterocycles. The van der Waals surface area contributed by atoms with Gasteiger partial charge >= 0.3 is 0 Å². The van der Waals surface area contributed by atoms with Crippen molar-refractivity contribution in [3.05, 3.63) is 35.6 Å². The lowest BCUT2D eigenvalue weighted by Gasteiger charge is -2.27. The third-order valence-electron chi connectivity index (χ3n) is 4.43. The molecule has 1 fully saturated rings. The molecule has 0 radical (unpaired) electrons. The summed E-state index contributed by atoms with van der Waals surface area (Å²) in [6.45, 7) is 6.02. The van der Waals surface area contributed by atoms with Gasteiger partial charge in [-0.25, -0.2) is 4.39 Å². The molecule has 0 bridgehead atoms. The molecular weight excluding hydrogens is 345 g/mol. The van der Waals surface area contributed by atoms with E-state index in [1.54, 1.807) is 11.0 Å². The molecule has 2 unspecified atom stereocenters. The molecule has 1 aromatic carbocycles. The third-order valence-corrected chi connectivity index (χ3v) is 4.43. The number of nitrogens with zero attached hydrogens (tertiary/aromatic N) is 1. The summed E-state index contributed by atoms with van der Waals surface area (Å²) >= 11 is 0. The first-order valence-electron chi connectivity index (χ1n) is 8.42. The summed E-state index contributed by atoms with van der Waals surface area (Å²) in [6, 6.07) is 5.15. The number of hydrogen-bond acceptors (Lipinski definition) is 3. The molecule has 2 rings (SSSR count). The van der Waals surface area contributed by atoms with Gasteiger partial charge in [-0.05, 0) is 44.0 Å². The van der Waals surface area contributed by atoms with Crippen molar-refractivity contribution in [2.75, 3.05) is 26.7 Å². The monoisotopic (exact) mass is 371 g/mol. The molecule has 2 atom stereocenters. The summed E-state index contributed by atoms with van der Waals surface area (Å²) < 4.78 is 13.8. The van der Waals surface area contributed by atoms with Gasteiger partial charge in [-0.2, -0.15) is 0 Å². The van der Waals surface area contributed by atoms with Crippen LogP contribution in [0.4, 0.5) is 4.39 Å². The second-order valence-electron chi connectivity index (χ2n) is 6.67. The summed E-state index contributed by atoms with van der Waals surface area (Å²) in [5.74, 6) is -0.856. The lowest BCUT2D eigenvalue weighted by atomic mass is 10.0. The molecule has 1 saturated heterocycles. The summed E-state index contributed by atoms with van der Waals surface area (Å²) in [4.78, 5) is 26.9. The average Bonchev–Trinajstić information content (AvgIpc) is 3.01. The zero-order valence-electron chi connectivity index (χ0n) is 14.9. The Bertz CT molecular complexity index is 597. The van der Waals surface area contributed by atoms with Crippen molar-refractivity contribution in [1.29, 1.82) is 0 Å². The summed E-state index contributed by atoms with van der Waals surface area (Å²) in [5, 5.41) is 5.84. The van der Waals surface area contributed by atoms with Crippen LogP contribution in [0.1, 0.15) is 30.6 Å². The van der Waals surface area contributed by atoms with E-state index in [-0.39, 0.29) is 29.8 Å². The number of hydrogen-bond donors (Lipinski definition) is 2. The van der Waals surface area contributed by atoms with Crippen molar-refractivity contribution in [2.45, 2.75) is 26.3 Å². The van der Waals surface area contributed by atoms with Crippen molar-refractivity contribution in [1.82, 2.24) is 15.5 Å². The van der Waals surface area contributed by atoms with E-state index in [0.717, 1.165) is 13.0 Å². The largest absolute Gasteiger partial charge is 0.341 e. The maximum atomic E-state index is 13.8. The number of nitrogens with one attached hydrogen (secondary N) is 2. The molecule has 1 aromatic rings. The van der Waals surface area contributed by atoms with Crippen LogP contribution in [0.25, 0.3) is 0 Å². The summed E-state index contributed by atoms with van der Waals surface area (Å²) in [5.41, 5.74) is -0.0366. The molecule has 1 heterocycles. The molecule has 0 aromatic heterocycles. The van der Waals surface area contributed by atoms with Gasteiger partial charge in [0, 0.05) is 13.1 Å². The Labute approximate surface area is 154 Å². The molecule has 25 heavy (non-hydrogen) atoms. The Morgan fingerprint density at radius 3 is 2.60 bits per heavy atom. The van der Waals surface area contributed by atoms with E-state index in [2.05, 4.69) is 10.6 Å². The number of carbonyl (C=O) groups excluding carboxylic acids is 2. The van der Waals surface area contributed by atoms with Gasteiger partial charge in [0.05, 0.1) is 5.56 Å². The molecule has 140 valence electrons. The lowest BCUT2D eigenvalue weighted by molar-refractivity contribution is -0.133. The molecule has 5 nitrogen and oxygen atoms in total. The Hall–Kier alpha value is -1.66. The normalized spacial score (nSPS) is 18.0. The van der Waals surface area contributed by atoms with Crippen LogP contribution in [-0.4, -0.2) is 49.4 Å². The van der Waals surface area contributed by atoms with E-state index in [9.17, 15) is 14.0 Å². The molecule has 0 spiro atoms. The SMILES string of the molecule is CNCC1CCN(C(=O)C(NC(=O)c2ccccc2F)C(C)C)C1.Cl. The number of benzene rings is 1. The highest BCUT2D eigenvalue weighted by Gasteiger charge is 2.33. The van der Waals surface area contributed by atoms with E-state index in [1.807, 2.05) is 20.9 Å². The van der Waals surface area contributed by atoms with Crippen LogP contribution < -0.4 is 10.6 Å². The van der Waals surface area contributed by atoms with E-state index in [0.29, 0.717) is 19.0 Å². The summed E-state index contributed by atoms with van der Waals surface area (Å²) in [7, 11) is 1.90. The highest BCUT2D eigenvalue weighted by atomic mass is 35.5. The quantitative estimate of drug-likeness (QED) is 0.804. The van der Waals surface area contributed by atoms with Crippen LogP contribution in [0.15, 0.2) is 24.3 Å². The molecular formula is C18H27ClFN3O2. The average molecular weight is 372 g/mol. The minimum Gasteiger partial charge on any atom is -0.341 e. The number of rotatable bonds is 6. The number of amides is 2. The van der Waals surface area contributed by atoms with Crippen LogP contribution in [0, 0.1) is 17.7 Å². The van der Waals surface area contributed by atoms with Crippen LogP contribution in [-0.2, 0) is 4.79 Å². The topological polar surface area (TPSA) is 61.4 Å². The van der Waals surface area contributed by atoms with Crippen molar-refractivity contribution in [2.24, 2.45) is 11.8 Å². The highest BCUT2D eigenvalue weighted by molar-refractivity contribution is 5.97. The predicted octanol–water partition coefficient (Wildman–Crippen LogP) is 2.07. The van der Waals surface area contributed by atoms with Gasteiger partial charge in [0.15, 0.2) is 0 Å². The highest BCUT2D eigenvalue weighted by Crippen LogP contribution is 2.18. The van der Waals surface area contributed by atoms with Gasteiger partial charge in [0.25, 0.3) is 5.91 Å². The minimum atomic E-state index is -0.648. The first kappa shape index (κ1) is 21.4. The van der Waals surface area contributed by atoms with E-state index in [1.165, 1.54) is 18.2 Å². The molecule has 0 aliphatic carbocycles. The Morgan fingerprint density at radius 2 is 2.00 bits per heavy atom. The number of carbonyl (C=O) groups is 2. The third kappa shape index (κ3) is 5.41. The van der Waals surface area contributed by atoms with Crippen molar-refractivity contribution in [3.63, 3.8) is 0 Å². The van der Waals surface area contributed by atoms with Gasteiger partial charge in [0.1, 0.15) is 11.9 Å². The minimum absolute atomic E-state index is 0. The maximum Gasteiger partial charge on any atom is 0.254 e.